The summed E-state index contributed by atoms with van der Waals surface area (Å²) >= 11 is 12.1. The van der Waals surface area contributed by atoms with Crippen LogP contribution < -0.4 is 0 Å². The highest BCUT2D eigenvalue weighted by molar-refractivity contribution is 6.42. The van der Waals surface area contributed by atoms with Gasteiger partial charge in [-0.3, -0.25) is 4.90 Å². The number of benzene rings is 1. The van der Waals surface area contributed by atoms with E-state index >= 15 is 0 Å². The van der Waals surface area contributed by atoms with Crippen LogP contribution in [0, 0.1) is 0 Å². The largest absolute Gasteiger partial charge is 0.309 e. The SMILES string of the molecule is CN(C)CCCN(CCCN(C)C)Cc1ccc(Cl)c(Cl)c1. The molecule has 0 aromatic heterocycles. The zero-order chi connectivity index (χ0) is 16.5. The summed E-state index contributed by atoms with van der Waals surface area (Å²) in [6.07, 6.45) is 2.35. The van der Waals surface area contributed by atoms with Crippen LogP contribution in [0.15, 0.2) is 18.2 Å². The molecule has 126 valence electrons. The third-order valence-electron chi connectivity index (χ3n) is 3.55. The summed E-state index contributed by atoms with van der Waals surface area (Å²) in [4.78, 5) is 6.97. The number of rotatable bonds is 10. The molecule has 0 bridgehead atoms. The molecule has 0 unspecified atom stereocenters. The third-order valence-corrected chi connectivity index (χ3v) is 4.29. The van der Waals surface area contributed by atoms with Crippen molar-refractivity contribution in [3.8, 4) is 0 Å². The maximum Gasteiger partial charge on any atom is 0.0595 e. The Morgan fingerprint density at radius 1 is 0.773 bits per heavy atom. The van der Waals surface area contributed by atoms with E-state index in [1.165, 1.54) is 18.4 Å². The molecule has 3 nitrogen and oxygen atoms in total. The fourth-order valence-corrected chi connectivity index (χ4v) is 2.71. The summed E-state index contributed by atoms with van der Waals surface area (Å²) in [6.45, 7) is 5.37. The molecular formula is C17H29Cl2N3. The topological polar surface area (TPSA) is 9.72 Å². The average Bonchev–Trinajstić information content (AvgIpc) is 2.42. The first-order valence-electron chi connectivity index (χ1n) is 7.84. The maximum absolute atomic E-state index is 6.13. The molecule has 0 heterocycles. The molecule has 0 amide bonds. The Kier molecular flexibility index (Phi) is 9.37. The lowest BCUT2D eigenvalue weighted by Crippen LogP contribution is -2.30. The Labute approximate surface area is 145 Å². The van der Waals surface area contributed by atoms with Crippen molar-refractivity contribution in [1.29, 1.82) is 0 Å². The van der Waals surface area contributed by atoms with E-state index in [-0.39, 0.29) is 0 Å². The predicted octanol–water partition coefficient (Wildman–Crippen LogP) is 3.70. The predicted molar refractivity (Wildman–Crippen MR) is 98.1 cm³/mol. The van der Waals surface area contributed by atoms with Gasteiger partial charge in [0.2, 0.25) is 0 Å². The third kappa shape index (κ3) is 8.35. The van der Waals surface area contributed by atoms with Crippen LogP contribution in [0.3, 0.4) is 0 Å². The zero-order valence-electron chi connectivity index (χ0n) is 14.3. The number of hydrogen-bond acceptors (Lipinski definition) is 3. The van der Waals surface area contributed by atoms with Gasteiger partial charge in [-0.15, -0.1) is 0 Å². The molecular weight excluding hydrogens is 317 g/mol. The molecule has 0 fully saturated rings. The lowest BCUT2D eigenvalue weighted by atomic mass is 10.2. The molecule has 0 aliphatic rings. The Morgan fingerprint density at radius 3 is 1.77 bits per heavy atom. The van der Waals surface area contributed by atoms with Crippen molar-refractivity contribution < 1.29 is 0 Å². The first-order chi connectivity index (χ1) is 10.4. The summed E-state index contributed by atoms with van der Waals surface area (Å²) in [6, 6.07) is 5.94. The van der Waals surface area contributed by atoms with Crippen molar-refractivity contribution >= 4 is 23.2 Å². The highest BCUT2D eigenvalue weighted by Crippen LogP contribution is 2.23. The summed E-state index contributed by atoms with van der Waals surface area (Å²) < 4.78 is 0. The standard InChI is InChI=1S/C17H29Cl2N3/c1-20(2)9-5-11-22(12-6-10-21(3)4)14-15-7-8-16(18)17(19)13-15/h7-8,13H,5-6,9-12,14H2,1-4H3. The molecule has 1 rings (SSSR count). The second-order valence-corrected chi connectivity index (χ2v) is 7.15. The van der Waals surface area contributed by atoms with Gasteiger partial charge in [0.15, 0.2) is 0 Å². The van der Waals surface area contributed by atoms with Gasteiger partial charge in [0.25, 0.3) is 0 Å². The van der Waals surface area contributed by atoms with Crippen LogP contribution in [0.5, 0.6) is 0 Å². The van der Waals surface area contributed by atoms with E-state index in [2.05, 4.69) is 49.0 Å². The van der Waals surface area contributed by atoms with Gasteiger partial charge in [-0.25, -0.2) is 0 Å². The molecule has 0 radical (unpaired) electrons. The first-order valence-corrected chi connectivity index (χ1v) is 8.60. The Morgan fingerprint density at radius 2 is 1.32 bits per heavy atom. The Balaban J connectivity index is 2.56. The molecule has 0 saturated heterocycles. The van der Waals surface area contributed by atoms with E-state index in [1.807, 2.05) is 12.1 Å². The molecule has 1 aromatic carbocycles. The van der Waals surface area contributed by atoms with Gasteiger partial charge in [-0.05, 0) is 84.9 Å². The van der Waals surface area contributed by atoms with Crippen molar-refractivity contribution in [1.82, 2.24) is 14.7 Å². The highest BCUT2D eigenvalue weighted by Gasteiger charge is 2.08. The minimum absolute atomic E-state index is 0.622. The quantitative estimate of drug-likeness (QED) is 0.640. The summed E-state index contributed by atoms with van der Waals surface area (Å²) in [5.41, 5.74) is 1.23. The molecule has 0 saturated carbocycles. The van der Waals surface area contributed by atoms with Gasteiger partial charge < -0.3 is 9.80 Å². The monoisotopic (exact) mass is 345 g/mol. The smallest absolute Gasteiger partial charge is 0.0595 e. The molecule has 0 atom stereocenters. The molecule has 5 heteroatoms. The maximum atomic E-state index is 6.13. The second kappa shape index (κ2) is 10.5. The van der Waals surface area contributed by atoms with Crippen LogP contribution in [-0.4, -0.2) is 69.1 Å². The minimum atomic E-state index is 0.622. The summed E-state index contributed by atoms with van der Waals surface area (Å²) in [7, 11) is 8.48. The lowest BCUT2D eigenvalue weighted by Gasteiger charge is -2.24. The molecule has 22 heavy (non-hydrogen) atoms. The van der Waals surface area contributed by atoms with Crippen LogP contribution >= 0.6 is 23.2 Å². The normalized spacial score (nSPS) is 11.9. The number of hydrogen-bond donors (Lipinski definition) is 0. The zero-order valence-corrected chi connectivity index (χ0v) is 15.8. The first kappa shape index (κ1) is 19.7. The highest BCUT2D eigenvalue weighted by atomic mass is 35.5. The number of nitrogens with zero attached hydrogens (tertiary/aromatic N) is 3. The average molecular weight is 346 g/mol. The van der Waals surface area contributed by atoms with Gasteiger partial charge in [0, 0.05) is 6.54 Å². The van der Waals surface area contributed by atoms with E-state index in [0.29, 0.717) is 10.0 Å². The van der Waals surface area contributed by atoms with Crippen LogP contribution in [0.2, 0.25) is 10.0 Å². The Bertz CT molecular complexity index is 422. The van der Waals surface area contributed by atoms with Gasteiger partial charge in [-0.1, -0.05) is 29.3 Å². The van der Waals surface area contributed by atoms with Gasteiger partial charge >= 0.3 is 0 Å². The second-order valence-electron chi connectivity index (χ2n) is 6.34. The van der Waals surface area contributed by atoms with Gasteiger partial charge in [-0.2, -0.15) is 0 Å². The van der Waals surface area contributed by atoms with Gasteiger partial charge in [0.1, 0.15) is 0 Å². The van der Waals surface area contributed by atoms with E-state index < -0.39 is 0 Å². The molecule has 0 aliphatic carbocycles. The van der Waals surface area contributed by atoms with Crippen molar-refractivity contribution in [2.45, 2.75) is 19.4 Å². The lowest BCUT2D eigenvalue weighted by molar-refractivity contribution is 0.234. The molecule has 0 aliphatic heterocycles. The van der Waals surface area contributed by atoms with Crippen LogP contribution in [-0.2, 0) is 6.54 Å². The summed E-state index contributed by atoms with van der Waals surface area (Å²) in [5.74, 6) is 0. The van der Waals surface area contributed by atoms with E-state index in [0.717, 1.165) is 32.7 Å². The minimum Gasteiger partial charge on any atom is -0.309 e. The van der Waals surface area contributed by atoms with E-state index in [4.69, 9.17) is 23.2 Å². The van der Waals surface area contributed by atoms with E-state index in [9.17, 15) is 0 Å². The number of halogens is 2. The van der Waals surface area contributed by atoms with Crippen molar-refractivity contribution in [3.63, 3.8) is 0 Å². The van der Waals surface area contributed by atoms with Crippen LogP contribution in [0.4, 0.5) is 0 Å². The Hall–Kier alpha value is -0.320. The van der Waals surface area contributed by atoms with E-state index in [1.54, 1.807) is 0 Å². The summed E-state index contributed by atoms with van der Waals surface area (Å²) in [5, 5.41) is 1.26. The van der Waals surface area contributed by atoms with Crippen molar-refractivity contribution in [2.24, 2.45) is 0 Å². The molecule has 1 aromatic rings. The fourth-order valence-electron chi connectivity index (χ4n) is 2.39. The fraction of sp³-hybridized carbons (Fsp3) is 0.647. The van der Waals surface area contributed by atoms with Crippen LogP contribution in [0.1, 0.15) is 18.4 Å². The van der Waals surface area contributed by atoms with Gasteiger partial charge in [0.05, 0.1) is 10.0 Å². The molecule has 0 spiro atoms. The van der Waals surface area contributed by atoms with Crippen LogP contribution in [0.25, 0.3) is 0 Å². The van der Waals surface area contributed by atoms with Crippen molar-refractivity contribution in [3.05, 3.63) is 33.8 Å². The molecule has 0 N–H and O–H groups in total. The van der Waals surface area contributed by atoms with Crippen molar-refractivity contribution in [2.75, 3.05) is 54.4 Å².